The van der Waals surface area contributed by atoms with Crippen LogP contribution in [0.1, 0.15) is 39.0 Å². The van der Waals surface area contributed by atoms with Crippen LogP contribution in [-0.2, 0) is 4.79 Å². The molecular weight excluding hydrogens is 156 g/mol. The Kier molecular flexibility index (Phi) is 15.5. The van der Waals surface area contributed by atoms with E-state index in [0.29, 0.717) is 5.78 Å². The number of aliphatic hydroxyl groups excluding tert-OH is 2. The molecule has 0 atom stereocenters. The van der Waals surface area contributed by atoms with Gasteiger partial charge in [-0.05, 0) is 19.8 Å². The molecule has 0 aliphatic heterocycles. The van der Waals surface area contributed by atoms with Gasteiger partial charge in [-0.2, -0.15) is 0 Å². The fourth-order valence-electron chi connectivity index (χ4n) is 0.946. The predicted octanol–water partition coefficient (Wildman–Crippen LogP) is 1.13. The normalized spacial score (nSPS) is 15.2. The van der Waals surface area contributed by atoms with Crippen LogP contribution in [0.15, 0.2) is 0 Å². The van der Waals surface area contributed by atoms with Gasteiger partial charge in [-0.15, -0.1) is 0 Å². The predicted molar refractivity (Wildman–Crippen MR) is 49.0 cm³/mol. The summed E-state index contributed by atoms with van der Waals surface area (Å²) < 4.78 is 0. The SMILES string of the molecule is CCO.CO.O=C1CCCCC1. The molecule has 0 unspecified atom stereocenters. The minimum atomic E-state index is 0.250. The standard InChI is InChI=1S/C6H10O.C2H6O.CH4O/c7-6-4-2-1-3-5-6;1-2-3;1-2/h1-5H2;3H,2H2,1H3;2H,1H3. The van der Waals surface area contributed by atoms with E-state index in [2.05, 4.69) is 0 Å². The fourth-order valence-corrected chi connectivity index (χ4v) is 0.946. The molecule has 0 aromatic rings. The summed E-state index contributed by atoms with van der Waals surface area (Å²) in [6.07, 6.45) is 5.24. The van der Waals surface area contributed by atoms with Gasteiger partial charge in [-0.3, -0.25) is 4.79 Å². The van der Waals surface area contributed by atoms with Crippen molar-refractivity contribution in [1.82, 2.24) is 0 Å². The maximum Gasteiger partial charge on any atom is 0.132 e. The van der Waals surface area contributed by atoms with Crippen molar-refractivity contribution >= 4 is 5.78 Å². The Morgan fingerprint density at radius 1 is 1.17 bits per heavy atom. The molecule has 2 N–H and O–H groups in total. The summed E-state index contributed by atoms with van der Waals surface area (Å²) in [5.74, 6) is 0.464. The average Bonchev–Trinajstić information content (AvgIpc) is 2.11. The van der Waals surface area contributed by atoms with Crippen LogP contribution >= 0.6 is 0 Å². The highest BCUT2D eigenvalue weighted by Gasteiger charge is 2.05. The highest BCUT2D eigenvalue weighted by molar-refractivity contribution is 5.78. The topological polar surface area (TPSA) is 57.5 Å². The van der Waals surface area contributed by atoms with Crippen LogP contribution in [0.25, 0.3) is 0 Å². The molecule has 74 valence electrons. The first kappa shape index (κ1) is 14.1. The third kappa shape index (κ3) is 12.3. The molecule has 1 fully saturated rings. The van der Waals surface area contributed by atoms with E-state index in [1.165, 1.54) is 6.42 Å². The van der Waals surface area contributed by atoms with Gasteiger partial charge in [0.05, 0.1) is 0 Å². The van der Waals surface area contributed by atoms with Crippen molar-refractivity contribution < 1.29 is 15.0 Å². The molecule has 3 nitrogen and oxygen atoms in total. The molecule has 0 amide bonds. The first-order chi connectivity index (χ1) is 5.81. The van der Waals surface area contributed by atoms with Gasteiger partial charge < -0.3 is 10.2 Å². The molecule has 0 heterocycles. The zero-order valence-electron chi connectivity index (χ0n) is 8.05. The van der Waals surface area contributed by atoms with E-state index in [9.17, 15) is 4.79 Å². The second-order valence-corrected chi connectivity index (χ2v) is 2.42. The number of aliphatic hydroxyl groups is 2. The zero-order chi connectivity index (χ0) is 9.82. The van der Waals surface area contributed by atoms with Crippen LogP contribution in [0, 0.1) is 0 Å². The van der Waals surface area contributed by atoms with Gasteiger partial charge >= 0.3 is 0 Å². The number of carbonyl (C=O) groups is 1. The fraction of sp³-hybridized carbons (Fsp3) is 0.889. The molecule has 0 radical (unpaired) electrons. The van der Waals surface area contributed by atoms with E-state index >= 15 is 0 Å². The van der Waals surface area contributed by atoms with Gasteiger partial charge in [0, 0.05) is 26.6 Å². The molecule has 0 aromatic carbocycles. The van der Waals surface area contributed by atoms with E-state index < -0.39 is 0 Å². The van der Waals surface area contributed by atoms with Crippen LogP contribution in [0.2, 0.25) is 0 Å². The number of carbonyl (C=O) groups excluding carboxylic acids is 1. The number of hydrogen-bond acceptors (Lipinski definition) is 3. The monoisotopic (exact) mass is 176 g/mol. The van der Waals surface area contributed by atoms with Gasteiger partial charge in [0.25, 0.3) is 0 Å². The van der Waals surface area contributed by atoms with Gasteiger partial charge in [0.2, 0.25) is 0 Å². The number of ketones is 1. The number of hydrogen-bond donors (Lipinski definition) is 2. The quantitative estimate of drug-likeness (QED) is 0.581. The molecule has 0 saturated heterocycles. The van der Waals surface area contributed by atoms with E-state index in [-0.39, 0.29) is 6.61 Å². The van der Waals surface area contributed by atoms with Crippen LogP contribution in [-0.4, -0.2) is 29.7 Å². The summed E-state index contributed by atoms with van der Waals surface area (Å²) in [5, 5.41) is 14.6. The summed E-state index contributed by atoms with van der Waals surface area (Å²) >= 11 is 0. The molecule has 0 bridgehead atoms. The lowest BCUT2D eigenvalue weighted by Gasteiger charge is -2.05. The average molecular weight is 176 g/mol. The van der Waals surface area contributed by atoms with E-state index in [1.54, 1.807) is 6.92 Å². The maximum absolute atomic E-state index is 10.5. The lowest BCUT2D eigenvalue weighted by Crippen LogP contribution is -2.02. The Hall–Kier alpha value is -0.410. The lowest BCUT2D eigenvalue weighted by molar-refractivity contribution is -0.120. The summed E-state index contributed by atoms with van der Waals surface area (Å²) in [6, 6.07) is 0. The van der Waals surface area contributed by atoms with E-state index in [4.69, 9.17) is 10.2 Å². The van der Waals surface area contributed by atoms with Crippen LogP contribution in [0.4, 0.5) is 0 Å². The Labute approximate surface area is 74.4 Å². The Bertz CT molecular complexity index is 83.8. The highest BCUT2D eigenvalue weighted by Crippen LogP contribution is 2.12. The minimum absolute atomic E-state index is 0.250. The van der Waals surface area contributed by atoms with Gasteiger partial charge in [0.15, 0.2) is 0 Å². The first-order valence-electron chi connectivity index (χ1n) is 4.38. The second-order valence-electron chi connectivity index (χ2n) is 2.42. The molecular formula is C9H20O3. The molecule has 1 aliphatic rings. The molecule has 12 heavy (non-hydrogen) atoms. The lowest BCUT2D eigenvalue weighted by atomic mass is 10.00. The van der Waals surface area contributed by atoms with Crippen molar-refractivity contribution in [3.05, 3.63) is 0 Å². The number of rotatable bonds is 0. The first-order valence-corrected chi connectivity index (χ1v) is 4.38. The third-order valence-electron chi connectivity index (χ3n) is 1.41. The summed E-state index contributed by atoms with van der Waals surface area (Å²) in [7, 11) is 1.00. The van der Waals surface area contributed by atoms with Crippen molar-refractivity contribution in [3.63, 3.8) is 0 Å². The van der Waals surface area contributed by atoms with E-state index in [1.807, 2.05) is 0 Å². The molecule has 1 rings (SSSR count). The van der Waals surface area contributed by atoms with Crippen molar-refractivity contribution in [2.75, 3.05) is 13.7 Å². The Morgan fingerprint density at radius 2 is 1.50 bits per heavy atom. The molecule has 0 spiro atoms. The second kappa shape index (κ2) is 13.2. The van der Waals surface area contributed by atoms with Gasteiger partial charge in [0.1, 0.15) is 5.78 Å². The Morgan fingerprint density at radius 3 is 1.67 bits per heavy atom. The third-order valence-corrected chi connectivity index (χ3v) is 1.41. The summed E-state index contributed by atoms with van der Waals surface area (Å²) in [4.78, 5) is 10.5. The Balaban J connectivity index is 0. The summed E-state index contributed by atoms with van der Waals surface area (Å²) in [5.41, 5.74) is 0. The van der Waals surface area contributed by atoms with Gasteiger partial charge in [-0.25, -0.2) is 0 Å². The maximum atomic E-state index is 10.5. The number of Topliss-reactive ketones (excluding diaryl/α,β-unsaturated/α-hetero) is 1. The molecule has 1 aliphatic carbocycles. The van der Waals surface area contributed by atoms with Crippen LogP contribution < -0.4 is 0 Å². The van der Waals surface area contributed by atoms with E-state index in [0.717, 1.165) is 32.8 Å². The minimum Gasteiger partial charge on any atom is -0.400 e. The van der Waals surface area contributed by atoms with Crippen molar-refractivity contribution in [2.45, 2.75) is 39.0 Å². The van der Waals surface area contributed by atoms with Crippen LogP contribution in [0.3, 0.4) is 0 Å². The van der Waals surface area contributed by atoms with Crippen molar-refractivity contribution in [1.29, 1.82) is 0 Å². The summed E-state index contributed by atoms with van der Waals surface area (Å²) in [6.45, 7) is 1.93. The smallest absolute Gasteiger partial charge is 0.132 e. The van der Waals surface area contributed by atoms with Crippen molar-refractivity contribution in [2.24, 2.45) is 0 Å². The van der Waals surface area contributed by atoms with Gasteiger partial charge in [-0.1, -0.05) is 6.42 Å². The largest absolute Gasteiger partial charge is 0.400 e. The molecule has 1 saturated carbocycles. The zero-order valence-corrected chi connectivity index (χ0v) is 8.05. The molecule has 3 heteroatoms. The highest BCUT2D eigenvalue weighted by atomic mass is 16.2. The van der Waals surface area contributed by atoms with Crippen molar-refractivity contribution in [3.8, 4) is 0 Å². The molecule has 0 aromatic heterocycles. The van der Waals surface area contributed by atoms with Crippen LogP contribution in [0.5, 0.6) is 0 Å².